The fourth-order valence-electron chi connectivity index (χ4n) is 6.22. The molecule has 0 radical (unpaired) electrons. The molecule has 2 unspecified atom stereocenters. The Balaban J connectivity index is 1.08. The third kappa shape index (κ3) is 4.01. The Morgan fingerprint density at radius 3 is 2.39 bits per heavy atom. The summed E-state index contributed by atoms with van der Waals surface area (Å²) in [6, 6.07) is 16.0. The van der Waals surface area contributed by atoms with Gasteiger partial charge in [-0.25, -0.2) is 4.79 Å². The second kappa shape index (κ2) is 9.02. The smallest absolute Gasteiger partial charge is 0.407 e. The Morgan fingerprint density at radius 1 is 1.03 bits per heavy atom. The zero-order valence-corrected chi connectivity index (χ0v) is 19.6. The van der Waals surface area contributed by atoms with Gasteiger partial charge in [0.2, 0.25) is 0 Å². The molecule has 186 valence electrons. The van der Waals surface area contributed by atoms with Gasteiger partial charge in [-0.05, 0) is 54.4 Å². The van der Waals surface area contributed by atoms with Crippen molar-refractivity contribution in [1.82, 2.24) is 30.4 Å². The summed E-state index contributed by atoms with van der Waals surface area (Å²) in [5.74, 6) is 1.84. The number of tetrazole rings is 1. The van der Waals surface area contributed by atoms with Gasteiger partial charge in [-0.3, -0.25) is 9.69 Å². The minimum absolute atomic E-state index is 0.0136. The molecule has 6 rings (SSSR count). The number of aliphatic hydroxyl groups excluding tert-OH is 1. The molecule has 10 heteroatoms. The van der Waals surface area contributed by atoms with Crippen LogP contribution in [0, 0.1) is 11.8 Å². The van der Waals surface area contributed by atoms with Gasteiger partial charge in [-0.1, -0.05) is 47.7 Å². The number of amides is 2. The molecule has 3 aromatic rings. The highest BCUT2D eigenvalue weighted by Gasteiger charge is 2.59. The van der Waals surface area contributed by atoms with E-state index in [4.69, 9.17) is 0 Å². The van der Waals surface area contributed by atoms with Gasteiger partial charge in [0.05, 0.1) is 12.1 Å². The van der Waals surface area contributed by atoms with Gasteiger partial charge in [0.1, 0.15) is 0 Å². The monoisotopic (exact) mass is 488 g/mol. The van der Waals surface area contributed by atoms with E-state index >= 15 is 0 Å². The zero-order chi connectivity index (χ0) is 24.8. The van der Waals surface area contributed by atoms with Crippen molar-refractivity contribution in [3.63, 3.8) is 0 Å². The minimum atomic E-state index is -1.02. The van der Waals surface area contributed by atoms with E-state index in [0.29, 0.717) is 55.7 Å². The Labute approximate surface area is 207 Å². The van der Waals surface area contributed by atoms with Crippen molar-refractivity contribution in [1.29, 1.82) is 0 Å². The highest BCUT2D eigenvalue weighted by atomic mass is 16.4. The largest absolute Gasteiger partial charge is 0.465 e. The lowest BCUT2D eigenvalue weighted by atomic mass is 10.0. The van der Waals surface area contributed by atoms with Gasteiger partial charge in [-0.2, -0.15) is 5.21 Å². The molecule has 2 aromatic carbocycles. The number of benzene rings is 2. The summed E-state index contributed by atoms with van der Waals surface area (Å²) < 4.78 is 0. The molecule has 6 atom stereocenters. The number of carboxylic acid groups (broad SMARTS) is 1. The Morgan fingerprint density at radius 2 is 1.75 bits per heavy atom. The second-order valence-electron chi connectivity index (χ2n) is 10.1. The molecule has 2 amide bonds. The number of hydrogen-bond acceptors (Lipinski definition) is 6. The van der Waals surface area contributed by atoms with E-state index in [1.165, 1.54) is 4.90 Å². The molecule has 10 nitrogen and oxygen atoms in total. The number of fused-ring (bicyclic) bond motifs is 1. The Hall–Kier alpha value is -3.79. The maximum Gasteiger partial charge on any atom is 0.407 e. The maximum atomic E-state index is 13.0. The predicted octanol–water partition coefficient (Wildman–Crippen LogP) is 2.47. The summed E-state index contributed by atoms with van der Waals surface area (Å²) in [7, 11) is 0. The third-order valence-corrected chi connectivity index (χ3v) is 8.09. The molecule has 3 aliphatic rings. The number of aliphatic hydroxyl groups is 1. The first-order valence-corrected chi connectivity index (χ1v) is 12.4. The van der Waals surface area contributed by atoms with Crippen molar-refractivity contribution in [2.75, 3.05) is 13.1 Å². The van der Waals surface area contributed by atoms with Crippen LogP contribution in [0.25, 0.3) is 0 Å². The summed E-state index contributed by atoms with van der Waals surface area (Å²) in [4.78, 5) is 28.4. The summed E-state index contributed by atoms with van der Waals surface area (Å²) in [6.07, 6.45) is -0.0561. The van der Waals surface area contributed by atoms with Crippen LogP contribution in [0.1, 0.15) is 52.2 Å². The zero-order valence-electron chi connectivity index (χ0n) is 19.6. The van der Waals surface area contributed by atoms with E-state index in [0.717, 1.165) is 17.0 Å². The number of carbonyl (C=O) groups excluding carboxylic acids is 1. The summed E-state index contributed by atoms with van der Waals surface area (Å²) in [6.45, 7) is 1.40. The number of aromatic nitrogens is 4. The van der Waals surface area contributed by atoms with Crippen LogP contribution < -0.4 is 0 Å². The van der Waals surface area contributed by atoms with Gasteiger partial charge in [0.15, 0.2) is 5.82 Å². The normalized spacial score (nSPS) is 27.6. The van der Waals surface area contributed by atoms with Gasteiger partial charge >= 0.3 is 6.09 Å². The van der Waals surface area contributed by atoms with Crippen LogP contribution in [0.4, 0.5) is 4.79 Å². The fraction of sp³-hybridized carbons (Fsp3) is 0.423. The van der Waals surface area contributed by atoms with E-state index in [-0.39, 0.29) is 11.9 Å². The average molecular weight is 489 g/mol. The molecule has 3 heterocycles. The Kier molecular flexibility index (Phi) is 5.67. The molecule has 36 heavy (non-hydrogen) atoms. The summed E-state index contributed by atoms with van der Waals surface area (Å²) >= 11 is 0. The van der Waals surface area contributed by atoms with Crippen LogP contribution in [0.3, 0.4) is 0 Å². The molecule has 0 bridgehead atoms. The van der Waals surface area contributed by atoms with Gasteiger partial charge in [-0.15, -0.1) is 10.2 Å². The quantitative estimate of drug-likeness (QED) is 0.485. The van der Waals surface area contributed by atoms with Crippen molar-refractivity contribution in [2.45, 2.75) is 43.4 Å². The van der Waals surface area contributed by atoms with E-state index < -0.39 is 18.2 Å². The first-order valence-electron chi connectivity index (χ1n) is 12.4. The molecule has 2 saturated heterocycles. The first kappa shape index (κ1) is 22.7. The number of H-pyrrole nitrogens is 1. The van der Waals surface area contributed by atoms with Crippen LogP contribution in [-0.2, 0) is 6.42 Å². The lowest BCUT2D eigenvalue weighted by Gasteiger charge is -2.31. The lowest BCUT2D eigenvalue weighted by Crippen LogP contribution is -2.44. The van der Waals surface area contributed by atoms with Crippen LogP contribution in [-0.4, -0.2) is 77.8 Å². The van der Waals surface area contributed by atoms with Crippen LogP contribution in [0.15, 0.2) is 54.6 Å². The van der Waals surface area contributed by atoms with Crippen LogP contribution in [0.2, 0.25) is 0 Å². The predicted molar refractivity (Wildman–Crippen MR) is 128 cm³/mol. The molecule has 3 fully saturated rings. The molecule has 1 aliphatic carbocycles. The van der Waals surface area contributed by atoms with Crippen molar-refractivity contribution < 1.29 is 19.8 Å². The average Bonchev–Trinajstić information content (AvgIpc) is 3.39. The lowest BCUT2D eigenvalue weighted by molar-refractivity contribution is 0.0540. The second-order valence-corrected chi connectivity index (χ2v) is 10.1. The van der Waals surface area contributed by atoms with E-state index in [9.17, 15) is 19.8 Å². The number of aromatic amines is 1. The van der Waals surface area contributed by atoms with Crippen molar-refractivity contribution in [3.05, 3.63) is 77.1 Å². The number of carbonyl (C=O) groups is 2. The topological polar surface area (TPSA) is 136 Å². The molecular formula is C26H28N6O4. The Bertz CT molecular complexity index is 1220. The maximum absolute atomic E-state index is 13.0. The number of piperidine rings is 1. The molecule has 2 aliphatic heterocycles. The molecule has 0 spiro atoms. The molecule has 1 aromatic heterocycles. The number of nitrogens with zero attached hydrogens (tertiary/aromatic N) is 5. The highest BCUT2D eigenvalue weighted by molar-refractivity contribution is 5.94. The van der Waals surface area contributed by atoms with Gasteiger partial charge in [0, 0.05) is 30.6 Å². The van der Waals surface area contributed by atoms with E-state index in [1.807, 2.05) is 59.5 Å². The van der Waals surface area contributed by atoms with Crippen molar-refractivity contribution in [2.24, 2.45) is 11.8 Å². The molecular weight excluding hydrogens is 460 g/mol. The minimum Gasteiger partial charge on any atom is -0.465 e. The molecule has 3 N–H and O–H groups in total. The summed E-state index contributed by atoms with van der Waals surface area (Å²) in [5.41, 5.74) is 2.33. The van der Waals surface area contributed by atoms with Crippen LogP contribution in [0.5, 0.6) is 0 Å². The van der Waals surface area contributed by atoms with Gasteiger partial charge < -0.3 is 15.1 Å². The number of hydrogen-bond donors (Lipinski definition) is 3. The number of nitrogens with one attached hydrogen (secondary N) is 1. The first-order chi connectivity index (χ1) is 17.5. The van der Waals surface area contributed by atoms with E-state index in [1.54, 1.807) is 0 Å². The highest BCUT2D eigenvalue weighted by Crippen LogP contribution is 2.57. The SMILES string of the molecule is O=C(c1ccc(C[C@@H]2CC[C@H](C(O)c3ccccc3)N2C(=O)O)cc1)N1C[C@@H]2C(c3nn[nH]n3)[C@@H]2C1. The third-order valence-electron chi connectivity index (χ3n) is 8.09. The van der Waals surface area contributed by atoms with Crippen molar-refractivity contribution >= 4 is 12.0 Å². The van der Waals surface area contributed by atoms with E-state index in [2.05, 4.69) is 20.6 Å². The number of likely N-dealkylation sites (tertiary alicyclic amines) is 2. The standard InChI is InChI=1S/C26H28N6O4/c33-23(16-4-2-1-3-5-16)21-11-10-18(32(21)26(35)36)12-15-6-8-17(9-7-15)25(34)31-13-19-20(14-31)22(19)24-27-29-30-28-24/h1-9,18-23,33H,10-14H2,(H,35,36)(H,27,28,29,30)/t18-,19-,20+,21+,22?,23?/m0/s1. The fourth-order valence-corrected chi connectivity index (χ4v) is 6.22. The summed E-state index contributed by atoms with van der Waals surface area (Å²) in [5, 5.41) is 35.1. The van der Waals surface area contributed by atoms with Crippen LogP contribution >= 0.6 is 0 Å². The number of rotatable bonds is 6. The van der Waals surface area contributed by atoms with Gasteiger partial charge in [0.25, 0.3) is 5.91 Å². The molecule has 1 saturated carbocycles. The van der Waals surface area contributed by atoms with Crippen molar-refractivity contribution in [3.8, 4) is 0 Å².